The second-order valence-electron chi connectivity index (χ2n) is 7.16. The second-order valence-corrected chi connectivity index (χ2v) is 7.16. The second kappa shape index (κ2) is 7.98. The highest BCUT2D eigenvalue weighted by Gasteiger charge is 2.32. The average Bonchev–Trinajstić information content (AvgIpc) is 3.34. The van der Waals surface area contributed by atoms with E-state index in [1.807, 2.05) is 0 Å². The topological polar surface area (TPSA) is 70.4 Å². The fourth-order valence-corrected chi connectivity index (χ4v) is 3.56. The number of aryl methyl sites for hydroxylation is 1. The number of amides is 2. The van der Waals surface area contributed by atoms with Crippen LogP contribution in [0.15, 0.2) is 60.9 Å². The molecule has 2 amide bonds. The van der Waals surface area contributed by atoms with Gasteiger partial charge in [-0.3, -0.25) is 4.68 Å². The quantitative estimate of drug-likeness (QED) is 0.688. The summed E-state index contributed by atoms with van der Waals surface area (Å²) in [5.41, 5.74) is 2.11. The summed E-state index contributed by atoms with van der Waals surface area (Å²) in [6.07, 6.45) is 5.17. The van der Waals surface area contributed by atoms with Gasteiger partial charge in [0.2, 0.25) is 0 Å². The fourth-order valence-electron chi connectivity index (χ4n) is 3.56. The Bertz CT molecular complexity index is 1130. The number of phenols is 1. The maximum atomic E-state index is 14.3. The lowest BCUT2D eigenvalue weighted by atomic mass is 10.0. The lowest BCUT2D eigenvalue weighted by Crippen LogP contribution is -2.39. The standard InChI is InChI=1S/C22H20F2N4O2/c1-27-12-14(11-26-27)10-25-22(30)28-13-16(19-9-17(23)5-6-20(19)24)8-21(28)15-3-2-4-18(29)7-15/h2-9,11-12,21,29H,10,13H2,1H3,(H,25,30). The number of phenolic OH excluding ortho intramolecular Hbond substituents is 1. The summed E-state index contributed by atoms with van der Waals surface area (Å²) in [5, 5.41) is 16.8. The molecule has 1 aliphatic rings. The maximum absolute atomic E-state index is 14.3. The first-order chi connectivity index (χ1) is 14.4. The molecule has 0 fully saturated rings. The molecule has 6 nitrogen and oxygen atoms in total. The molecule has 30 heavy (non-hydrogen) atoms. The number of halogens is 2. The van der Waals surface area contributed by atoms with E-state index in [0.717, 1.165) is 23.8 Å². The van der Waals surface area contributed by atoms with Gasteiger partial charge in [-0.1, -0.05) is 18.2 Å². The molecule has 3 aromatic rings. The molecule has 2 aromatic carbocycles. The molecule has 2 heterocycles. The molecule has 0 spiro atoms. The van der Waals surface area contributed by atoms with Crippen LogP contribution in [-0.4, -0.2) is 32.4 Å². The normalized spacial score (nSPS) is 15.9. The maximum Gasteiger partial charge on any atom is 0.318 e. The van der Waals surface area contributed by atoms with Crippen LogP contribution < -0.4 is 5.32 Å². The molecule has 1 unspecified atom stereocenters. The van der Waals surface area contributed by atoms with Crippen molar-refractivity contribution in [2.24, 2.45) is 7.05 Å². The molecular formula is C22H20F2N4O2. The fraction of sp³-hybridized carbons (Fsp3) is 0.182. The van der Waals surface area contributed by atoms with E-state index in [1.165, 1.54) is 11.0 Å². The predicted molar refractivity (Wildman–Crippen MR) is 107 cm³/mol. The van der Waals surface area contributed by atoms with E-state index >= 15 is 0 Å². The molecule has 0 saturated heterocycles. The van der Waals surface area contributed by atoms with Crippen LogP contribution >= 0.6 is 0 Å². The Kier molecular flexibility index (Phi) is 5.22. The van der Waals surface area contributed by atoms with Gasteiger partial charge in [0, 0.05) is 37.5 Å². The summed E-state index contributed by atoms with van der Waals surface area (Å²) < 4.78 is 29.7. The van der Waals surface area contributed by atoms with Crippen molar-refractivity contribution < 1.29 is 18.7 Å². The van der Waals surface area contributed by atoms with E-state index in [1.54, 1.807) is 48.4 Å². The molecule has 154 valence electrons. The van der Waals surface area contributed by atoms with Crippen LogP contribution in [0, 0.1) is 11.6 Å². The Balaban J connectivity index is 1.62. The van der Waals surface area contributed by atoms with Crippen molar-refractivity contribution in [2.45, 2.75) is 12.6 Å². The zero-order chi connectivity index (χ0) is 21.3. The number of carbonyl (C=O) groups is 1. The Labute approximate surface area is 172 Å². The molecular weight excluding hydrogens is 390 g/mol. The highest BCUT2D eigenvalue weighted by molar-refractivity contribution is 5.82. The molecule has 1 aromatic heterocycles. The monoisotopic (exact) mass is 410 g/mol. The Morgan fingerprint density at radius 3 is 2.83 bits per heavy atom. The predicted octanol–water partition coefficient (Wildman–Crippen LogP) is 3.75. The van der Waals surface area contributed by atoms with Gasteiger partial charge in [0.1, 0.15) is 17.4 Å². The van der Waals surface area contributed by atoms with Crippen LogP contribution in [0.25, 0.3) is 5.57 Å². The molecule has 1 atom stereocenters. The summed E-state index contributed by atoms with van der Waals surface area (Å²) in [4.78, 5) is 14.5. The smallest absolute Gasteiger partial charge is 0.318 e. The summed E-state index contributed by atoms with van der Waals surface area (Å²) in [5.74, 6) is -1.06. The number of aromatic nitrogens is 2. The Hall–Kier alpha value is -3.68. The Morgan fingerprint density at radius 2 is 2.10 bits per heavy atom. The third-order valence-electron chi connectivity index (χ3n) is 4.98. The molecule has 8 heteroatoms. The SMILES string of the molecule is Cn1cc(CNC(=O)N2CC(c3cc(F)ccc3F)=CC2c2cccc(O)c2)cn1. The Morgan fingerprint density at radius 1 is 1.27 bits per heavy atom. The molecule has 0 bridgehead atoms. The van der Waals surface area contributed by atoms with Crippen molar-refractivity contribution in [2.75, 3.05) is 6.54 Å². The first kappa shape index (κ1) is 19.6. The summed E-state index contributed by atoms with van der Waals surface area (Å²) in [6.45, 7) is 0.374. The van der Waals surface area contributed by atoms with Crippen molar-refractivity contribution in [3.05, 3.63) is 89.3 Å². The van der Waals surface area contributed by atoms with E-state index in [0.29, 0.717) is 11.1 Å². The highest BCUT2D eigenvalue weighted by atomic mass is 19.1. The number of urea groups is 1. The third-order valence-corrected chi connectivity index (χ3v) is 4.98. The number of aromatic hydroxyl groups is 1. The minimum absolute atomic E-state index is 0.0574. The van der Waals surface area contributed by atoms with Crippen LogP contribution in [-0.2, 0) is 13.6 Å². The average molecular weight is 410 g/mol. The van der Waals surface area contributed by atoms with Crippen LogP contribution in [0.5, 0.6) is 5.75 Å². The number of hydrogen-bond donors (Lipinski definition) is 2. The van der Waals surface area contributed by atoms with E-state index in [4.69, 9.17) is 0 Å². The van der Waals surface area contributed by atoms with Gasteiger partial charge < -0.3 is 15.3 Å². The molecule has 0 saturated carbocycles. The van der Waals surface area contributed by atoms with Gasteiger partial charge in [0.05, 0.1) is 12.2 Å². The van der Waals surface area contributed by atoms with E-state index in [9.17, 15) is 18.7 Å². The number of benzene rings is 2. The van der Waals surface area contributed by atoms with Gasteiger partial charge in [-0.25, -0.2) is 13.6 Å². The summed E-state index contributed by atoms with van der Waals surface area (Å²) >= 11 is 0. The lowest BCUT2D eigenvalue weighted by molar-refractivity contribution is 0.197. The zero-order valence-electron chi connectivity index (χ0n) is 16.2. The highest BCUT2D eigenvalue weighted by Crippen LogP contribution is 2.36. The molecule has 4 rings (SSSR count). The van der Waals surface area contributed by atoms with Crippen LogP contribution in [0.2, 0.25) is 0 Å². The van der Waals surface area contributed by atoms with Gasteiger partial charge in [-0.05, 0) is 41.5 Å². The molecule has 0 aliphatic carbocycles. The first-order valence-electron chi connectivity index (χ1n) is 9.38. The lowest BCUT2D eigenvalue weighted by Gasteiger charge is -2.25. The van der Waals surface area contributed by atoms with Crippen molar-refractivity contribution in [3.8, 4) is 5.75 Å². The van der Waals surface area contributed by atoms with Gasteiger partial charge >= 0.3 is 6.03 Å². The van der Waals surface area contributed by atoms with Crippen molar-refractivity contribution in [1.82, 2.24) is 20.0 Å². The van der Waals surface area contributed by atoms with Crippen molar-refractivity contribution in [1.29, 1.82) is 0 Å². The zero-order valence-corrected chi connectivity index (χ0v) is 16.2. The first-order valence-corrected chi connectivity index (χ1v) is 9.38. The van der Waals surface area contributed by atoms with Crippen molar-refractivity contribution in [3.63, 3.8) is 0 Å². The third kappa shape index (κ3) is 4.03. The summed E-state index contributed by atoms with van der Waals surface area (Å²) in [6, 6.07) is 8.86. The van der Waals surface area contributed by atoms with Crippen molar-refractivity contribution >= 4 is 11.6 Å². The number of hydrogen-bond acceptors (Lipinski definition) is 3. The van der Waals surface area contributed by atoms with Gasteiger partial charge in [0.25, 0.3) is 0 Å². The minimum atomic E-state index is -0.560. The number of nitrogens with one attached hydrogen (secondary N) is 1. The van der Waals surface area contributed by atoms with Gasteiger partial charge in [-0.15, -0.1) is 0 Å². The summed E-state index contributed by atoms with van der Waals surface area (Å²) in [7, 11) is 1.79. The number of nitrogens with zero attached hydrogens (tertiary/aromatic N) is 3. The van der Waals surface area contributed by atoms with Gasteiger partial charge in [0.15, 0.2) is 0 Å². The van der Waals surface area contributed by atoms with Crippen LogP contribution in [0.4, 0.5) is 13.6 Å². The largest absolute Gasteiger partial charge is 0.508 e. The molecule has 2 N–H and O–H groups in total. The van der Waals surface area contributed by atoms with E-state index < -0.39 is 17.7 Å². The minimum Gasteiger partial charge on any atom is -0.508 e. The van der Waals surface area contributed by atoms with Gasteiger partial charge in [-0.2, -0.15) is 5.10 Å². The van der Waals surface area contributed by atoms with Crippen LogP contribution in [0.1, 0.15) is 22.7 Å². The molecule has 1 aliphatic heterocycles. The van der Waals surface area contributed by atoms with E-state index in [-0.39, 0.29) is 30.4 Å². The number of carbonyl (C=O) groups excluding carboxylic acids is 1. The van der Waals surface area contributed by atoms with E-state index in [2.05, 4.69) is 10.4 Å². The molecule has 0 radical (unpaired) electrons. The van der Waals surface area contributed by atoms with Crippen LogP contribution in [0.3, 0.4) is 0 Å². The number of rotatable bonds is 4.